The van der Waals surface area contributed by atoms with Crippen LogP contribution in [0.25, 0.3) is 22.0 Å². The van der Waals surface area contributed by atoms with E-state index < -0.39 is 161 Å². The number of alkyl halides is 8. The van der Waals surface area contributed by atoms with Gasteiger partial charge in [0.15, 0.2) is 28.1 Å². The van der Waals surface area contributed by atoms with E-state index in [1.807, 2.05) is 0 Å². The first-order valence-electron chi connectivity index (χ1n) is 20.8. The molecule has 0 saturated carbocycles. The lowest BCUT2D eigenvalue weighted by atomic mass is 9.84. The highest BCUT2D eigenvalue weighted by atomic mass is 35.5. The number of rotatable bonds is 14. The summed E-state index contributed by atoms with van der Waals surface area (Å²) < 4.78 is 203. The van der Waals surface area contributed by atoms with Crippen LogP contribution in [0, 0.1) is 41.2 Å². The van der Waals surface area contributed by atoms with Gasteiger partial charge in [0, 0.05) is 29.0 Å². The molecule has 28 heteroatoms. The number of nitrogens with zero attached hydrogens (tertiary/aromatic N) is 6. The summed E-state index contributed by atoms with van der Waals surface area (Å²) in [5, 5.41) is 8.79. The molecule has 0 aliphatic heterocycles. The molecule has 2 aliphatic carbocycles. The van der Waals surface area contributed by atoms with Gasteiger partial charge in [-0.05, 0) is 69.0 Å². The minimum atomic E-state index is -5.29. The maximum atomic E-state index is 15.7. The molecule has 3 N–H and O–H groups in total. The fourth-order valence-electron chi connectivity index (χ4n) is 7.79. The number of aromatic nitrogens is 5. The molecule has 3 heterocycles. The van der Waals surface area contributed by atoms with E-state index in [1.165, 1.54) is 20.8 Å². The van der Waals surface area contributed by atoms with E-state index in [2.05, 4.69) is 44.2 Å². The average molecular weight is 1080 g/mol. The molecular weight excluding hydrogens is 1040 g/mol. The second-order valence-electron chi connectivity index (χ2n) is 17.3. The molecule has 72 heavy (non-hydrogen) atoms. The van der Waals surface area contributed by atoms with Crippen LogP contribution in [0.15, 0.2) is 42.5 Å². The second kappa shape index (κ2) is 18.6. The largest absolute Gasteiger partial charge is 0.442 e. The van der Waals surface area contributed by atoms with Crippen molar-refractivity contribution in [3.63, 3.8) is 0 Å². The number of hydrogen-bond acceptors (Lipinski definition) is 11. The Labute approximate surface area is 408 Å². The Bertz CT molecular complexity index is 3410. The summed E-state index contributed by atoms with van der Waals surface area (Å²) in [7, 11) is -8.53. The molecule has 0 fully saturated rings. The highest BCUT2D eigenvalue weighted by Crippen LogP contribution is 2.58. The number of benzene rings is 2. The normalized spacial score (nSPS) is 17.1. The lowest BCUT2D eigenvalue weighted by Crippen LogP contribution is -2.37. The molecule has 384 valence electrons. The van der Waals surface area contributed by atoms with Crippen LogP contribution in [0.5, 0.6) is 0 Å². The Hall–Kier alpha value is -6.42. The smallest absolute Gasteiger partial charge is 0.435 e. The van der Waals surface area contributed by atoms with Gasteiger partial charge in [0.05, 0.1) is 39.8 Å². The molecule has 2 aromatic carbocycles. The van der Waals surface area contributed by atoms with Crippen molar-refractivity contribution in [1.29, 1.82) is 0 Å². The van der Waals surface area contributed by atoms with Crippen molar-refractivity contribution in [3.05, 3.63) is 93.0 Å². The van der Waals surface area contributed by atoms with E-state index in [0.717, 1.165) is 42.7 Å². The van der Waals surface area contributed by atoms with E-state index in [9.17, 15) is 61.5 Å². The van der Waals surface area contributed by atoms with Crippen LogP contribution in [0.2, 0.25) is 5.02 Å². The first-order chi connectivity index (χ1) is 33.1. The molecule has 2 aliphatic rings. The molecule has 0 saturated heterocycles. The quantitative estimate of drug-likeness (QED) is 0.0531. The van der Waals surface area contributed by atoms with Crippen LogP contribution in [0.1, 0.15) is 66.6 Å². The first-order valence-corrected chi connectivity index (χ1v) is 24.9. The number of sulfone groups is 1. The van der Waals surface area contributed by atoms with Gasteiger partial charge in [-0.1, -0.05) is 35.4 Å². The molecule has 4 atom stereocenters. The van der Waals surface area contributed by atoms with Crippen LogP contribution in [0.4, 0.5) is 49.7 Å². The Morgan fingerprint density at radius 1 is 0.972 bits per heavy atom. The number of nitrogens with one attached hydrogen (secondary N) is 1. The van der Waals surface area contributed by atoms with Gasteiger partial charge < -0.3 is 15.8 Å². The predicted octanol–water partition coefficient (Wildman–Crippen LogP) is 6.52. The van der Waals surface area contributed by atoms with Gasteiger partial charge in [-0.25, -0.2) is 34.9 Å². The van der Waals surface area contributed by atoms with Crippen molar-refractivity contribution in [2.75, 3.05) is 23.5 Å². The van der Waals surface area contributed by atoms with Crippen LogP contribution < -0.4 is 15.4 Å². The number of fused-ring (bicyclic) bond motifs is 4. The Kier molecular flexibility index (Phi) is 13.8. The van der Waals surface area contributed by atoms with Gasteiger partial charge in [0.25, 0.3) is 0 Å². The zero-order chi connectivity index (χ0) is 53.4. The molecule has 0 bridgehead atoms. The van der Waals surface area contributed by atoms with E-state index in [0.29, 0.717) is 21.3 Å². The number of esters is 1. The van der Waals surface area contributed by atoms with Crippen molar-refractivity contribution < 1.29 is 75.1 Å². The van der Waals surface area contributed by atoms with Gasteiger partial charge in [-0.2, -0.15) is 45.3 Å². The topological polar surface area (TPSA) is 201 Å². The summed E-state index contributed by atoms with van der Waals surface area (Å²) in [4.78, 5) is 31.1. The fourth-order valence-corrected chi connectivity index (χ4v) is 8.95. The lowest BCUT2D eigenvalue weighted by molar-refractivity contribution is -0.144. The standard InChI is InChI=1S/C44H37ClF10N8O7S2/c1-21(56)40(65)70-20-63(72(5,68)69)39-34-30(45)11-9-27(36(34)62(60-39)19-42(48,49)50)26-7-6-25(12-13-41(2,3)71(4,66)67)57-35(26)31(16-22-14-23(46)17-24(47)15-22)58-32(64)18-61-38-33(37(59-61)44(53,54)55)28-8-10-29(28)43(38,51)52/h6-7,9,11,14-15,17,21,28-29,31H,16,18-20,56H2,1-5H3,(H,58,64)/t21-,28+,29-,31+/m1/s1. The van der Waals surface area contributed by atoms with Gasteiger partial charge in [0.2, 0.25) is 15.9 Å². The number of nitrogens with two attached hydrogens (primary N) is 1. The summed E-state index contributed by atoms with van der Waals surface area (Å²) in [5.74, 6) is -3.56. The fraction of sp³-hybridized carbons (Fsp3) is 0.386. The Balaban J connectivity index is 1.48. The van der Waals surface area contributed by atoms with Gasteiger partial charge in [-0.3, -0.25) is 19.0 Å². The first kappa shape index (κ1) is 53.4. The minimum Gasteiger partial charge on any atom is -0.442 e. The van der Waals surface area contributed by atoms with E-state index >= 15 is 8.78 Å². The summed E-state index contributed by atoms with van der Waals surface area (Å²) in [6, 6.07) is 3.50. The number of ether oxygens (including phenoxy) is 1. The predicted molar refractivity (Wildman–Crippen MR) is 238 cm³/mol. The molecule has 0 unspecified atom stereocenters. The maximum absolute atomic E-state index is 15.7. The molecular formula is C44H37ClF10N8O7S2. The molecule has 15 nitrogen and oxygen atoms in total. The number of carbonyl (C=O) groups is 2. The highest BCUT2D eigenvalue weighted by molar-refractivity contribution is 7.92. The number of carbonyl (C=O) groups excluding carboxylic acids is 2. The Morgan fingerprint density at radius 3 is 2.17 bits per heavy atom. The number of hydrogen-bond donors (Lipinski definition) is 2. The van der Waals surface area contributed by atoms with Crippen LogP contribution in [-0.4, -0.2) is 89.5 Å². The van der Waals surface area contributed by atoms with Crippen molar-refractivity contribution in [2.24, 2.45) is 11.7 Å². The summed E-state index contributed by atoms with van der Waals surface area (Å²) in [6.07, 6.45) is -9.64. The molecule has 1 amide bonds. The molecule has 5 aromatic rings. The van der Waals surface area contributed by atoms with E-state index in [4.69, 9.17) is 22.1 Å². The minimum absolute atomic E-state index is 0.135. The van der Waals surface area contributed by atoms with E-state index in [-0.39, 0.29) is 27.1 Å². The van der Waals surface area contributed by atoms with Crippen molar-refractivity contribution >= 4 is 60.1 Å². The lowest BCUT2D eigenvalue weighted by Gasteiger charge is -2.24. The summed E-state index contributed by atoms with van der Waals surface area (Å²) in [5.41, 5.74) is -0.629. The number of sulfonamides is 1. The third-order valence-corrected chi connectivity index (χ3v) is 14.8. The van der Waals surface area contributed by atoms with Crippen molar-refractivity contribution in [1.82, 2.24) is 29.9 Å². The van der Waals surface area contributed by atoms with Gasteiger partial charge >= 0.3 is 24.2 Å². The molecule has 7 rings (SSSR count). The second-order valence-corrected chi connectivity index (χ2v) is 22.2. The monoisotopic (exact) mass is 1080 g/mol. The van der Waals surface area contributed by atoms with Crippen molar-refractivity contribution in [3.8, 4) is 34.8 Å². The number of halogens is 11. The number of anilines is 1. The van der Waals surface area contributed by atoms with Crippen LogP contribution in [-0.2, 0) is 65.8 Å². The third kappa shape index (κ3) is 10.6. The van der Waals surface area contributed by atoms with Crippen LogP contribution >= 0.6 is 11.6 Å². The molecule has 0 radical (unpaired) electrons. The maximum Gasteiger partial charge on any atom is 0.435 e. The highest BCUT2D eigenvalue weighted by Gasteiger charge is 2.62. The van der Waals surface area contributed by atoms with Gasteiger partial charge in [-0.15, -0.1) is 0 Å². The SMILES string of the molecule is C[C@@H](N)C(=O)OCN(c1nn(CC(F)(F)F)c2c(-c3ccc(C#CC(C)(C)S(C)(=O)=O)nc3[C@H](Cc3cc(F)cc(F)c3)NC(=O)Cn3nc(C(F)(F)F)c4c3C(F)(F)[C@@H]3C#C[C@H]43)ccc(Cl)c12)S(C)(=O)=O. The summed E-state index contributed by atoms with van der Waals surface area (Å²) >= 11 is 6.62. The van der Waals surface area contributed by atoms with E-state index in [1.54, 1.807) is 0 Å². The molecule has 0 spiro atoms. The van der Waals surface area contributed by atoms with Gasteiger partial charge in [0.1, 0.15) is 52.8 Å². The summed E-state index contributed by atoms with van der Waals surface area (Å²) in [6.45, 7) is -0.807. The van der Waals surface area contributed by atoms with Crippen molar-refractivity contribution in [2.45, 2.75) is 81.3 Å². The van der Waals surface area contributed by atoms with Crippen LogP contribution in [0.3, 0.4) is 0 Å². The number of pyridine rings is 1. The average Bonchev–Trinajstić information content (AvgIpc) is 3.81. The zero-order valence-corrected chi connectivity index (χ0v) is 40.2. The molecule has 3 aromatic heterocycles. The number of amides is 1. The Morgan fingerprint density at radius 2 is 1.61 bits per heavy atom. The zero-order valence-electron chi connectivity index (χ0n) is 37.8. The third-order valence-electron chi connectivity index (χ3n) is 11.4.